The van der Waals surface area contributed by atoms with Gasteiger partial charge in [0.1, 0.15) is 0 Å². The maximum Gasteiger partial charge on any atom is 0.246 e. The number of rotatable bonds is 4. The Morgan fingerprint density at radius 1 is 0.933 bits per heavy atom. The van der Waals surface area contributed by atoms with Crippen LogP contribution in [0, 0.1) is 0 Å². The number of nitrogens with zero attached hydrogens (tertiary/aromatic N) is 3. The summed E-state index contributed by atoms with van der Waals surface area (Å²) in [6, 6.07) is 3.57. The first-order valence-corrected chi connectivity index (χ1v) is 11.0. The summed E-state index contributed by atoms with van der Waals surface area (Å²) in [6.45, 7) is 5.05. The van der Waals surface area contributed by atoms with E-state index in [9.17, 15) is 9.59 Å². The van der Waals surface area contributed by atoms with Crippen molar-refractivity contribution >= 4 is 29.5 Å². The highest BCUT2D eigenvalue weighted by atomic mass is 35.5. The summed E-state index contributed by atoms with van der Waals surface area (Å²) >= 11 is 6.19. The van der Waals surface area contributed by atoms with E-state index >= 15 is 0 Å². The van der Waals surface area contributed by atoms with E-state index in [0.29, 0.717) is 36.2 Å². The largest absolute Gasteiger partial charge is 0.454 e. The van der Waals surface area contributed by atoms with Crippen LogP contribution in [0.25, 0.3) is 6.08 Å². The third kappa shape index (κ3) is 5.08. The Hall–Kier alpha value is -2.25. The van der Waals surface area contributed by atoms with E-state index in [4.69, 9.17) is 21.1 Å². The second-order valence-electron chi connectivity index (χ2n) is 7.97. The van der Waals surface area contributed by atoms with Crippen molar-refractivity contribution in [3.8, 4) is 11.5 Å². The minimum absolute atomic E-state index is 0.0396. The van der Waals surface area contributed by atoms with Crippen LogP contribution in [0.4, 0.5) is 0 Å². The molecule has 8 heteroatoms. The van der Waals surface area contributed by atoms with E-state index in [1.54, 1.807) is 18.2 Å². The number of ether oxygens (including phenoxy) is 2. The zero-order chi connectivity index (χ0) is 20.9. The lowest BCUT2D eigenvalue weighted by Crippen LogP contribution is -2.51. The van der Waals surface area contributed by atoms with Crippen LogP contribution < -0.4 is 9.47 Å². The number of likely N-dealkylation sites (tertiary alicyclic amines) is 1. The molecule has 0 aromatic heterocycles. The van der Waals surface area contributed by atoms with Gasteiger partial charge in [0.05, 0.1) is 11.6 Å². The van der Waals surface area contributed by atoms with Crippen LogP contribution in [0.5, 0.6) is 11.5 Å². The van der Waals surface area contributed by atoms with Crippen LogP contribution in [0.3, 0.4) is 0 Å². The van der Waals surface area contributed by atoms with Gasteiger partial charge in [-0.1, -0.05) is 24.4 Å². The standard InChI is InChI=1S/C22H28ClN3O4/c23-18-13-17(14-19-22(18)30-16-29-19)5-6-20(27)26-11-9-24(10-12-26)15-21(28)25-7-3-1-2-4-8-25/h5-6,13-14H,1-4,7-12,15-16H2/b6-5+. The van der Waals surface area contributed by atoms with Gasteiger partial charge in [-0.25, -0.2) is 0 Å². The minimum atomic E-state index is -0.0396. The predicted octanol–water partition coefficient (Wildman–Crippen LogP) is 2.63. The van der Waals surface area contributed by atoms with Gasteiger partial charge >= 0.3 is 0 Å². The normalized spacial score (nSPS) is 19.9. The number of halogens is 1. The molecule has 0 unspecified atom stereocenters. The average Bonchev–Trinajstić information content (AvgIpc) is 3.06. The number of benzene rings is 1. The molecule has 0 spiro atoms. The zero-order valence-corrected chi connectivity index (χ0v) is 17.9. The van der Waals surface area contributed by atoms with Gasteiger partial charge < -0.3 is 19.3 Å². The van der Waals surface area contributed by atoms with Crippen molar-refractivity contribution in [2.24, 2.45) is 0 Å². The van der Waals surface area contributed by atoms with Gasteiger partial charge in [0.25, 0.3) is 0 Å². The highest BCUT2D eigenvalue weighted by molar-refractivity contribution is 6.32. The summed E-state index contributed by atoms with van der Waals surface area (Å²) in [5, 5.41) is 0.472. The number of piperazine rings is 1. The van der Waals surface area contributed by atoms with Gasteiger partial charge in [-0.2, -0.15) is 0 Å². The van der Waals surface area contributed by atoms with Gasteiger partial charge in [0.2, 0.25) is 18.6 Å². The van der Waals surface area contributed by atoms with Crippen LogP contribution in [0.1, 0.15) is 31.2 Å². The van der Waals surface area contributed by atoms with E-state index in [1.807, 2.05) is 15.9 Å². The molecule has 0 radical (unpaired) electrons. The summed E-state index contributed by atoms with van der Waals surface area (Å²) in [7, 11) is 0. The van der Waals surface area contributed by atoms with E-state index in [-0.39, 0.29) is 18.6 Å². The lowest BCUT2D eigenvalue weighted by atomic mass is 10.2. The topological polar surface area (TPSA) is 62.3 Å². The summed E-state index contributed by atoms with van der Waals surface area (Å²) in [4.78, 5) is 31.1. The molecular formula is C22H28ClN3O4. The molecule has 2 amide bonds. The monoisotopic (exact) mass is 433 g/mol. The quantitative estimate of drug-likeness (QED) is 0.683. The third-order valence-corrected chi connectivity index (χ3v) is 6.15. The molecule has 3 aliphatic heterocycles. The van der Waals surface area contributed by atoms with Crippen molar-refractivity contribution in [3.05, 3.63) is 28.8 Å². The number of carbonyl (C=O) groups is 2. The molecule has 3 aliphatic rings. The summed E-state index contributed by atoms with van der Waals surface area (Å²) in [5.74, 6) is 1.32. The molecule has 7 nitrogen and oxygen atoms in total. The van der Waals surface area contributed by atoms with Crippen molar-refractivity contribution in [1.29, 1.82) is 0 Å². The number of amides is 2. The van der Waals surface area contributed by atoms with Crippen LogP contribution in [-0.4, -0.2) is 79.1 Å². The third-order valence-electron chi connectivity index (χ3n) is 5.87. The first-order chi connectivity index (χ1) is 14.6. The van der Waals surface area contributed by atoms with E-state index in [1.165, 1.54) is 12.8 Å². The van der Waals surface area contributed by atoms with Crippen molar-refractivity contribution in [3.63, 3.8) is 0 Å². The smallest absolute Gasteiger partial charge is 0.246 e. The maximum atomic E-state index is 12.6. The van der Waals surface area contributed by atoms with E-state index < -0.39 is 0 Å². The molecule has 4 rings (SSSR count). The van der Waals surface area contributed by atoms with Gasteiger partial charge in [0.15, 0.2) is 11.5 Å². The molecule has 0 bridgehead atoms. The molecule has 0 saturated carbocycles. The van der Waals surface area contributed by atoms with Gasteiger partial charge in [0, 0.05) is 45.3 Å². The fraction of sp³-hybridized carbons (Fsp3) is 0.545. The first-order valence-electron chi connectivity index (χ1n) is 10.7. The molecule has 30 heavy (non-hydrogen) atoms. The van der Waals surface area contributed by atoms with Crippen molar-refractivity contribution in [1.82, 2.24) is 14.7 Å². The lowest BCUT2D eigenvalue weighted by molar-refractivity contribution is -0.133. The molecule has 0 N–H and O–H groups in total. The first kappa shape index (κ1) is 21.0. The van der Waals surface area contributed by atoms with Crippen LogP contribution in [0.15, 0.2) is 18.2 Å². The Bertz CT molecular complexity index is 813. The van der Waals surface area contributed by atoms with Crippen molar-refractivity contribution < 1.29 is 19.1 Å². The van der Waals surface area contributed by atoms with E-state index in [2.05, 4.69) is 4.90 Å². The predicted molar refractivity (Wildman–Crippen MR) is 115 cm³/mol. The Labute approximate surface area is 182 Å². The van der Waals surface area contributed by atoms with Crippen LogP contribution in [-0.2, 0) is 9.59 Å². The highest BCUT2D eigenvalue weighted by Gasteiger charge is 2.24. The Kier molecular flexibility index (Phi) is 6.79. The van der Waals surface area contributed by atoms with Crippen molar-refractivity contribution in [2.75, 3.05) is 52.6 Å². The fourth-order valence-corrected chi connectivity index (χ4v) is 4.37. The summed E-state index contributed by atoms with van der Waals surface area (Å²) in [5.41, 5.74) is 0.791. The van der Waals surface area contributed by atoms with Gasteiger partial charge in [-0.15, -0.1) is 0 Å². The summed E-state index contributed by atoms with van der Waals surface area (Å²) < 4.78 is 10.7. The van der Waals surface area contributed by atoms with Gasteiger partial charge in [-0.05, 0) is 36.6 Å². The molecule has 2 saturated heterocycles. The average molecular weight is 434 g/mol. The molecule has 162 valence electrons. The second-order valence-corrected chi connectivity index (χ2v) is 8.37. The molecular weight excluding hydrogens is 406 g/mol. The molecule has 2 fully saturated rings. The number of fused-ring (bicyclic) bond motifs is 1. The molecule has 3 heterocycles. The highest BCUT2D eigenvalue weighted by Crippen LogP contribution is 2.40. The zero-order valence-electron chi connectivity index (χ0n) is 17.1. The molecule has 1 aromatic rings. The second kappa shape index (κ2) is 9.71. The van der Waals surface area contributed by atoms with Gasteiger partial charge in [-0.3, -0.25) is 14.5 Å². The lowest BCUT2D eigenvalue weighted by Gasteiger charge is -2.34. The Morgan fingerprint density at radius 2 is 1.67 bits per heavy atom. The Morgan fingerprint density at radius 3 is 2.40 bits per heavy atom. The summed E-state index contributed by atoms with van der Waals surface area (Å²) in [6.07, 6.45) is 7.95. The number of hydrogen-bond acceptors (Lipinski definition) is 5. The SMILES string of the molecule is O=C(/C=C/c1cc(Cl)c2c(c1)OCO2)N1CCN(CC(=O)N2CCCCCC2)CC1. The fourth-order valence-electron chi connectivity index (χ4n) is 4.09. The number of carbonyl (C=O) groups excluding carboxylic acids is 2. The molecule has 0 atom stereocenters. The van der Waals surface area contributed by atoms with Crippen LogP contribution in [0.2, 0.25) is 5.02 Å². The Balaban J connectivity index is 1.26. The van der Waals surface area contributed by atoms with Crippen molar-refractivity contribution in [2.45, 2.75) is 25.7 Å². The molecule has 1 aromatic carbocycles. The minimum Gasteiger partial charge on any atom is -0.454 e. The van der Waals surface area contributed by atoms with Crippen LogP contribution >= 0.6 is 11.6 Å². The number of hydrogen-bond donors (Lipinski definition) is 0. The van der Waals surface area contributed by atoms with E-state index in [0.717, 1.165) is 44.6 Å². The molecule has 0 aliphatic carbocycles. The maximum absolute atomic E-state index is 12.6.